The van der Waals surface area contributed by atoms with Crippen LogP contribution < -0.4 is 9.62 Å². The van der Waals surface area contributed by atoms with Gasteiger partial charge in [-0.2, -0.15) is 13.1 Å². The molecule has 23 heavy (non-hydrogen) atoms. The van der Waals surface area contributed by atoms with Crippen molar-refractivity contribution in [2.75, 3.05) is 11.4 Å². The van der Waals surface area contributed by atoms with Gasteiger partial charge in [-0.05, 0) is 37.5 Å². The fraction of sp³-hybridized carbons (Fsp3) is 0.357. The van der Waals surface area contributed by atoms with Gasteiger partial charge in [-0.25, -0.2) is 4.79 Å². The molecule has 126 valence electrons. The second-order valence-electron chi connectivity index (χ2n) is 4.49. The van der Waals surface area contributed by atoms with Crippen molar-refractivity contribution in [3.8, 4) is 12.0 Å². The first-order valence-corrected chi connectivity index (χ1v) is 8.51. The van der Waals surface area contributed by atoms with E-state index in [9.17, 15) is 18.3 Å². The fourth-order valence-electron chi connectivity index (χ4n) is 1.61. The van der Waals surface area contributed by atoms with Crippen molar-refractivity contribution >= 4 is 33.7 Å². The van der Waals surface area contributed by atoms with Crippen LogP contribution in [0.3, 0.4) is 0 Å². The monoisotopic (exact) mass is 360 g/mol. The minimum atomic E-state index is -3.97. The van der Waals surface area contributed by atoms with Gasteiger partial charge >= 0.3 is 16.4 Å². The standard InChI is InChI=1S/C14H17ClN2O5S/c1-3-8-16-23(20,21)22-9-7-11(2)17(14(18)19)13-6-4-5-12(15)10-13/h4-6,10-11,16H,3,8H2,1-2H3,(H,18,19). The molecule has 0 fully saturated rings. The van der Waals surface area contributed by atoms with Gasteiger partial charge in [0.2, 0.25) is 0 Å². The summed E-state index contributed by atoms with van der Waals surface area (Å²) in [4.78, 5) is 12.4. The van der Waals surface area contributed by atoms with Crippen molar-refractivity contribution in [2.45, 2.75) is 26.3 Å². The Morgan fingerprint density at radius 1 is 1.52 bits per heavy atom. The third-order valence-corrected chi connectivity index (χ3v) is 3.72. The molecule has 1 atom stereocenters. The van der Waals surface area contributed by atoms with Crippen LogP contribution in [-0.2, 0) is 14.5 Å². The predicted molar refractivity (Wildman–Crippen MR) is 87.5 cm³/mol. The van der Waals surface area contributed by atoms with E-state index >= 15 is 0 Å². The van der Waals surface area contributed by atoms with E-state index in [0.29, 0.717) is 17.1 Å². The van der Waals surface area contributed by atoms with Crippen molar-refractivity contribution in [3.05, 3.63) is 29.3 Å². The van der Waals surface area contributed by atoms with Crippen LogP contribution in [0.15, 0.2) is 24.3 Å². The molecule has 1 unspecified atom stereocenters. The number of carbonyl (C=O) groups is 1. The van der Waals surface area contributed by atoms with Gasteiger partial charge in [-0.3, -0.25) is 4.90 Å². The Bertz CT molecular complexity index is 711. The van der Waals surface area contributed by atoms with E-state index in [-0.39, 0.29) is 6.54 Å². The van der Waals surface area contributed by atoms with Crippen LogP contribution in [0, 0.1) is 12.0 Å². The van der Waals surface area contributed by atoms with Crippen molar-refractivity contribution in [2.24, 2.45) is 0 Å². The SMILES string of the molecule is CCCNS(=O)(=O)OC#CC(C)N(C(=O)O)c1cccc(Cl)c1. The molecule has 1 rings (SSSR count). The number of carboxylic acid groups (broad SMARTS) is 1. The maximum Gasteiger partial charge on any atom is 0.412 e. The maximum absolute atomic E-state index is 11.4. The molecule has 9 heteroatoms. The molecule has 0 radical (unpaired) electrons. The molecular formula is C14H17ClN2O5S. The summed E-state index contributed by atoms with van der Waals surface area (Å²) in [5.41, 5.74) is 0.318. The lowest BCUT2D eigenvalue weighted by atomic mass is 10.2. The third-order valence-electron chi connectivity index (χ3n) is 2.63. The fourth-order valence-corrected chi connectivity index (χ4v) is 2.47. The lowest BCUT2D eigenvalue weighted by Gasteiger charge is -2.22. The number of rotatable bonds is 6. The average molecular weight is 361 g/mol. The molecule has 2 N–H and O–H groups in total. The molecule has 0 bridgehead atoms. The summed E-state index contributed by atoms with van der Waals surface area (Å²) in [6.07, 6.45) is 1.37. The van der Waals surface area contributed by atoms with Crippen LogP contribution in [0.1, 0.15) is 20.3 Å². The summed E-state index contributed by atoms with van der Waals surface area (Å²) in [7, 11) is -3.97. The second kappa shape index (κ2) is 8.62. The number of benzene rings is 1. The van der Waals surface area contributed by atoms with Crippen molar-refractivity contribution in [3.63, 3.8) is 0 Å². The van der Waals surface area contributed by atoms with E-state index in [2.05, 4.69) is 14.8 Å². The van der Waals surface area contributed by atoms with E-state index in [1.54, 1.807) is 25.1 Å². The second-order valence-corrected chi connectivity index (χ2v) is 6.29. The van der Waals surface area contributed by atoms with Gasteiger partial charge in [0.15, 0.2) is 0 Å². The summed E-state index contributed by atoms with van der Waals surface area (Å²) < 4.78 is 29.4. The summed E-state index contributed by atoms with van der Waals surface area (Å²) in [5, 5.41) is 9.68. The minimum absolute atomic E-state index is 0.226. The van der Waals surface area contributed by atoms with Gasteiger partial charge in [0.1, 0.15) is 12.1 Å². The average Bonchev–Trinajstić information content (AvgIpc) is 2.45. The number of nitrogens with zero attached hydrogens (tertiary/aromatic N) is 1. The van der Waals surface area contributed by atoms with Gasteiger partial charge in [-0.1, -0.05) is 24.6 Å². The molecule has 7 nitrogen and oxygen atoms in total. The van der Waals surface area contributed by atoms with Crippen LogP contribution in [-0.4, -0.2) is 32.2 Å². The van der Waals surface area contributed by atoms with Gasteiger partial charge in [0.05, 0.1) is 0 Å². The van der Waals surface area contributed by atoms with Crippen molar-refractivity contribution < 1.29 is 22.5 Å². The quantitative estimate of drug-likeness (QED) is 0.759. The third kappa shape index (κ3) is 6.36. The topological polar surface area (TPSA) is 95.9 Å². The largest absolute Gasteiger partial charge is 0.465 e. The number of anilines is 1. The highest BCUT2D eigenvalue weighted by atomic mass is 35.5. The smallest absolute Gasteiger partial charge is 0.412 e. The molecule has 0 aromatic heterocycles. The summed E-state index contributed by atoms with van der Waals surface area (Å²) in [6, 6.07) is 5.39. The Labute approximate surface area is 140 Å². The van der Waals surface area contributed by atoms with Gasteiger partial charge in [-0.15, -0.1) is 0 Å². The normalized spacial score (nSPS) is 12.0. The van der Waals surface area contributed by atoms with Crippen molar-refractivity contribution in [1.29, 1.82) is 0 Å². The number of amides is 1. The van der Waals surface area contributed by atoms with Crippen LogP contribution in [0.25, 0.3) is 0 Å². The Morgan fingerprint density at radius 2 is 2.22 bits per heavy atom. The Kier molecular flexibility index (Phi) is 7.16. The highest BCUT2D eigenvalue weighted by Crippen LogP contribution is 2.21. The van der Waals surface area contributed by atoms with E-state index in [4.69, 9.17) is 11.6 Å². The minimum Gasteiger partial charge on any atom is -0.465 e. The number of hydrogen-bond donors (Lipinski definition) is 2. The zero-order valence-electron chi connectivity index (χ0n) is 12.6. The molecule has 0 aliphatic carbocycles. The molecule has 1 amide bonds. The lowest BCUT2D eigenvalue weighted by molar-refractivity contribution is 0.201. The molecule has 0 aliphatic rings. The van der Waals surface area contributed by atoms with Crippen LogP contribution in [0.5, 0.6) is 0 Å². The number of nitrogens with one attached hydrogen (secondary N) is 1. The summed E-state index contributed by atoms with van der Waals surface area (Å²) in [5.74, 6) is 2.43. The zero-order valence-corrected chi connectivity index (χ0v) is 14.2. The van der Waals surface area contributed by atoms with E-state index in [1.807, 2.05) is 6.11 Å². The molecule has 0 aliphatic heterocycles. The van der Waals surface area contributed by atoms with Gasteiger partial charge in [0.25, 0.3) is 0 Å². The Balaban J connectivity index is 2.87. The Hall–Kier alpha value is -1.95. The van der Waals surface area contributed by atoms with E-state index < -0.39 is 22.4 Å². The highest BCUT2D eigenvalue weighted by molar-refractivity contribution is 7.84. The number of halogens is 1. The summed E-state index contributed by atoms with van der Waals surface area (Å²) >= 11 is 5.84. The lowest BCUT2D eigenvalue weighted by Crippen LogP contribution is -2.37. The van der Waals surface area contributed by atoms with Gasteiger partial charge in [0, 0.05) is 17.3 Å². The highest BCUT2D eigenvalue weighted by Gasteiger charge is 2.20. The molecule has 0 saturated heterocycles. The van der Waals surface area contributed by atoms with Crippen LogP contribution >= 0.6 is 11.6 Å². The molecule has 1 aromatic carbocycles. The molecule has 0 heterocycles. The molecule has 1 aromatic rings. The van der Waals surface area contributed by atoms with Crippen LogP contribution in [0.4, 0.5) is 10.5 Å². The van der Waals surface area contributed by atoms with Crippen molar-refractivity contribution in [1.82, 2.24) is 4.72 Å². The Morgan fingerprint density at radius 3 is 2.78 bits per heavy atom. The number of hydrogen-bond acceptors (Lipinski definition) is 4. The first-order valence-electron chi connectivity index (χ1n) is 6.73. The van der Waals surface area contributed by atoms with Gasteiger partial charge < -0.3 is 9.29 Å². The molecular weight excluding hydrogens is 344 g/mol. The van der Waals surface area contributed by atoms with E-state index in [1.165, 1.54) is 13.0 Å². The van der Waals surface area contributed by atoms with E-state index in [0.717, 1.165) is 4.90 Å². The maximum atomic E-state index is 11.4. The first kappa shape index (κ1) is 19.1. The van der Waals surface area contributed by atoms with Crippen LogP contribution in [0.2, 0.25) is 5.02 Å². The zero-order chi connectivity index (χ0) is 17.5. The predicted octanol–water partition coefficient (Wildman–Crippen LogP) is 2.43. The first-order chi connectivity index (χ1) is 10.8. The molecule has 0 spiro atoms. The molecule has 0 saturated carbocycles. The summed E-state index contributed by atoms with van der Waals surface area (Å²) in [6.45, 7) is 3.52.